The number of hydrogen-bond acceptors (Lipinski definition) is 5. The number of furan rings is 1. The Bertz CT molecular complexity index is 772. The highest BCUT2D eigenvalue weighted by Gasteiger charge is 2.27. The van der Waals surface area contributed by atoms with E-state index in [4.69, 9.17) is 4.42 Å². The number of piperazine rings is 1. The van der Waals surface area contributed by atoms with Crippen LogP contribution in [0.2, 0.25) is 0 Å². The number of aromatic amines is 1. The molecule has 2 aromatic heterocycles. The van der Waals surface area contributed by atoms with Crippen molar-refractivity contribution >= 4 is 27.7 Å². The Hall–Kier alpha value is -2.42. The van der Waals surface area contributed by atoms with Crippen LogP contribution in [0.3, 0.4) is 0 Å². The average molecular weight is 381 g/mol. The molecular weight excluding hydrogens is 368 g/mol. The van der Waals surface area contributed by atoms with E-state index in [1.807, 2.05) is 0 Å². The zero-order chi connectivity index (χ0) is 16.4. The summed E-state index contributed by atoms with van der Waals surface area (Å²) in [4.78, 5) is 38.7. The maximum Gasteiger partial charge on any atom is 0.289 e. The van der Waals surface area contributed by atoms with Crippen molar-refractivity contribution in [1.82, 2.24) is 20.0 Å². The molecule has 0 radical (unpaired) electrons. The Morgan fingerprint density at radius 3 is 2.22 bits per heavy atom. The first-order valence-corrected chi connectivity index (χ1v) is 7.73. The highest BCUT2D eigenvalue weighted by Crippen LogP contribution is 2.17. The van der Waals surface area contributed by atoms with Gasteiger partial charge in [0.2, 0.25) is 0 Å². The summed E-state index contributed by atoms with van der Waals surface area (Å²) in [6, 6.07) is 5.91. The van der Waals surface area contributed by atoms with Crippen LogP contribution >= 0.6 is 15.9 Å². The van der Waals surface area contributed by atoms with Gasteiger partial charge in [-0.1, -0.05) is 0 Å². The van der Waals surface area contributed by atoms with Crippen LogP contribution in [0.25, 0.3) is 0 Å². The number of carbonyl (C=O) groups is 2. The molecule has 2 aromatic rings. The van der Waals surface area contributed by atoms with Crippen molar-refractivity contribution in [3.05, 3.63) is 50.7 Å². The zero-order valence-corrected chi connectivity index (χ0v) is 13.6. The van der Waals surface area contributed by atoms with Gasteiger partial charge in [0, 0.05) is 32.2 Å². The quantitative estimate of drug-likeness (QED) is 0.827. The van der Waals surface area contributed by atoms with E-state index in [0.717, 1.165) is 0 Å². The van der Waals surface area contributed by atoms with Crippen LogP contribution in [-0.4, -0.2) is 58.0 Å². The second-order valence-electron chi connectivity index (χ2n) is 4.99. The van der Waals surface area contributed by atoms with Crippen molar-refractivity contribution < 1.29 is 14.0 Å². The lowest BCUT2D eigenvalue weighted by molar-refractivity contribution is 0.0514. The lowest BCUT2D eigenvalue weighted by Crippen LogP contribution is -2.50. The zero-order valence-electron chi connectivity index (χ0n) is 12.0. The maximum absolute atomic E-state index is 12.3. The standard InChI is InChI=1S/C14H13BrN4O4/c15-11-3-2-10(23-11)14(22)19-7-5-18(6-8-19)13(21)9-1-4-12(20)17-16-9/h1-4H,5-8H2,(H,17,20). The van der Waals surface area contributed by atoms with Crippen LogP contribution in [-0.2, 0) is 0 Å². The molecule has 0 bridgehead atoms. The molecule has 23 heavy (non-hydrogen) atoms. The molecule has 120 valence electrons. The molecule has 1 aliphatic rings. The first kappa shape index (κ1) is 15.5. The van der Waals surface area contributed by atoms with Crippen LogP contribution in [0.1, 0.15) is 21.0 Å². The van der Waals surface area contributed by atoms with Crippen LogP contribution in [0.4, 0.5) is 0 Å². The number of aromatic nitrogens is 2. The van der Waals surface area contributed by atoms with Gasteiger partial charge >= 0.3 is 0 Å². The molecule has 0 spiro atoms. The molecule has 0 saturated carbocycles. The Balaban J connectivity index is 1.62. The largest absolute Gasteiger partial charge is 0.444 e. The second kappa shape index (κ2) is 6.37. The van der Waals surface area contributed by atoms with E-state index < -0.39 is 0 Å². The van der Waals surface area contributed by atoms with Gasteiger partial charge < -0.3 is 14.2 Å². The van der Waals surface area contributed by atoms with Crippen molar-refractivity contribution in [3.63, 3.8) is 0 Å². The summed E-state index contributed by atoms with van der Waals surface area (Å²) in [5, 5.41) is 5.96. The van der Waals surface area contributed by atoms with Crippen molar-refractivity contribution in [2.45, 2.75) is 0 Å². The number of nitrogens with one attached hydrogen (secondary N) is 1. The molecular formula is C14H13BrN4O4. The molecule has 2 amide bonds. The van der Waals surface area contributed by atoms with E-state index in [2.05, 4.69) is 26.1 Å². The molecule has 1 N–H and O–H groups in total. The van der Waals surface area contributed by atoms with Crippen molar-refractivity contribution in [2.24, 2.45) is 0 Å². The van der Waals surface area contributed by atoms with Gasteiger partial charge in [0.05, 0.1) is 0 Å². The van der Waals surface area contributed by atoms with Crippen LogP contribution in [0.5, 0.6) is 0 Å². The molecule has 0 atom stereocenters. The maximum atomic E-state index is 12.3. The molecule has 9 heteroatoms. The van der Waals surface area contributed by atoms with E-state index in [9.17, 15) is 14.4 Å². The van der Waals surface area contributed by atoms with Crippen LogP contribution < -0.4 is 5.56 Å². The third-order valence-electron chi connectivity index (χ3n) is 3.54. The molecule has 1 aliphatic heterocycles. The molecule has 3 rings (SSSR count). The predicted octanol–water partition coefficient (Wildman–Crippen LogP) is 0.724. The molecule has 0 unspecified atom stereocenters. The third-order valence-corrected chi connectivity index (χ3v) is 3.96. The fourth-order valence-electron chi connectivity index (χ4n) is 2.32. The van der Waals surface area contributed by atoms with E-state index in [0.29, 0.717) is 30.8 Å². The van der Waals surface area contributed by atoms with Crippen molar-refractivity contribution in [3.8, 4) is 0 Å². The summed E-state index contributed by atoms with van der Waals surface area (Å²) in [5.41, 5.74) is -0.180. The molecule has 0 aromatic carbocycles. The minimum atomic E-state index is -0.360. The highest BCUT2D eigenvalue weighted by molar-refractivity contribution is 9.10. The summed E-state index contributed by atoms with van der Waals surface area (Å²) < 4.78 is 5.75. The Labute approximate surface area is 139 Å². The summed E-state index contributed by atoms with van der Waals surface area (Å²) >= 11 is 3.16. The molecule has 3 heterocycles. The van der Waals surface area contributed by atoms with E-state index in [-0.39, 0.29) is 28.8 Å². The highest BCUT2D eigenvalue weighted by atomic mass is 79.9. The smallest absolute Gasteiger partial charge is 0.289 e. The Morgan fingerprint density at radius 2 is 1.70 bits per heavy atom. The first-order chi connectivity index (χ1) is 11.0. The summed E-state index contributed by atoms with van der Waals surface area (Å²) in [7, 11) is 0. The Morgan fingerprint density at radius 1 is 1.04 bits per heavy atom. The topological polar surface area (TPSA) is 99.5 Å². The van der Waals surface area contributed by atoms with E-state index in [1.54, 1.807) is 21.9 Å². The summed E-state index contributed by atoms with van der Waals surface area (Å²) in [5.74, 6) is -0.210. The summed E-state index contributed by atoms with van der Waals surface area (Å²) in [6.07, 6.45) is 0. The number of H-pyrrole nitrogens is 1. The van der Waals surface area contributed by atoms with Crippen LogP contribution in [0.15, 0.2) is 38.1 Å². The number of nitrogens with zero attached hydrogens (tertiary/aromatic N) is 3. The molecule has 0 aliphatic carbocycles. The number of rotatable bonds is 2. The fraction of sp³-hybridized carbons (Fsp3) is 0.286. The Kier molecular flexibility index (Phi) is 4.28. The third kappa shape index (κ3) is 3.34. The molecule has 1 fully saturated rings. The van der Waals surface area contributed by atoms with Gasteiger partial charge in [0.15, 0.2) is 10.4 Å². The van der Waals surface area contributed by atoms with Gasteiger partial charge in [-0.15, -0.1) is 0 Å². The average Bonchev–Trinajstić information content (AvgIpc) is 3.01. The minimum absolute atomic E-state index is 0.180. The van der Waals surface area contributed by atoms with E-state index >= 15 is 0 Å². The van der Waals surface area contributed by atoms with Gasteiger partial charge in [0.25, 0.3) is 17.4 Å². The number of hydrogen-bond donors (Lipinski definition) is 1. The molecule has 1 saturated heterocycles. The second-order valence-corrected chi connectivity index (χ2v) is 5.78. The van der Waals surface area contributed by atoms with Crippen molar-refractivity contribution in [2.75, 3.05) is 26.2 Å². The minimum Gasteiger partial charge on any atom is -0.444 e. The van der Waals surface area contributed by atoms with Crippen molar-refractivity contribution in [1.29, 1.82) is 0 Å². The lowest BCUT2D eigenvalue weighted by Gasteiger charge is -2.34. The van der Waals surface area contributed by atoms with E-state index in [1.165, 1.54) is 12.1 Å². The number of halogens is 1. The first-order valence-electron chi connectivity index (χ1n) is 6.94. The normalized spacial score (nSPS) is 14.8. The monoisotopic (exact) mass is 380 g/mol. The fourth-order valence-corrected chi connectivity index (χ4v) is 2.63. The molecule has 8 nitrogen and oxygen atoms in total. The lowest BCUT2D eigenvalue weighted by atomic mass is 10.2. The van der Waals surface area contributed by atoms with Gasteiger partial charge in [-0.2, -0.15) is 5.10 Å². The SMILES string of the molecule is O=C(c1ccc(=O)[nH]n1)N1CCN(C(=O)c2ccc(Br)o2)CC1. The predicted molar refractivity (Wildman–Crippen MR) is 83.1 cm³/mol. The van der Waals surface area contributed by atoms with Gasteiger partial charge in [-0.05, 0) is 34.1 Å². The van der Waals surface area contributed by atoms with Gasteiger partial charge in [0.1, 0.15) is 5.69 Å². The summed E-state index contributed by atoms with van der Waals surface area (Å²) in [6.45, 7) is 1.61. The van der Waals surface area contributed by atoms with Gasteiger partial charge in [-0.3, -0.25) is 14.4 Å². The van der Waals surface area contributed by atoms with Crippen LogP contribution in [0, 0.1) is 0 Å². The number of carbonyl (C=O) groups excluding carboxylic acids is 2. The number of amides is 2. The van der Waals surface area contributed by atoms with Gasteiger partial charge in [-0.25, -0.2) is 5.10 Å².